The molecular weight excluding hydrogens is 266 g/mol. The molecule has 3 rings (SSSR count). The Bertz CT molecular complexity index is 550. The molecule has 1 amide bonds. The Kier molecular flexibility index (Phi) is 3.02. The number of aliphatic hydroxyl groups excluding tert-OH is 1. The minimum absolute atomic E-state index is 0.0197. The minimum Gasteiger partial charge on any atom is -0.369 e. The summed E-state index contributed by atoms with van der Waals surface area (Å²) in [7, 11) is 0. The van der Waals surface area contributed by atoms with E-state index in [2.05, 4.69) is 5.32 Å². The van der Waals surface area contributed by atoms with Crippen molar-refractivity contribution in [2.24, 2.45) is 5.92 Å². The van der Waals surface area contributed by atoms with E-state index >= 15 is 0 Å². The van der Waals surface area contributed by atoms with Gasteiger partial charge in [0, 0.05) is 30.1 Å². The smallest absolute Gasteiger partial charge is 0.273 e. The van der Waals surface area contributed by atoms with Gasteiger partial charge >= 0.3 is 0 Å². The van der Waals surface area contributed by atoms with Crippen molar-refractivity contribution in [2.45, 2.75) is 25.1 Å². The molecule has 2 N–H and O–H groups in total. The Labute approximate surface area is 115 Å². The molecule has 3 atom stereocenters. The van der Waals surface area contributed by atoms with Gasteiger partial charge in [-0.25, -0.2) is 8.78 Å². The third-order valence-electron chi connectivity index (χ3n) is 4.19. The van der Waals surface area contributed by atoms with Crippen LogP contribution >= 0.6 is 0 Å². The first kappa shape index (κ1) is 13.5. The van der Waals surface area contributed by atoms with Crippen molar-refractivity contribution < 1.29 is 18.7 Å². The van der Waals surface area contributed by atoms with Gasteiger partial charge < -0.3 is 10.4 Å². The summed E-state index contributed by atoms with van der Waals surface area (Å²) in [6.45, 7) is 1.63. The summed E-state index contributed by atoms with van der Waals surface area (Å²) in [5.74, 6) is -4.44. The summed E-state index contributed by atoms with van der Waals surface area (Å²) in [6, 6.07) is 5.15. The lowest BCUT2D eigenvalue weighted by atomic mass is 9.91. The van der Waals surface area contributed by atoms with Gasteiger partial charge in [-0.1, -0.05) is 25.1 Å². The molecule has 0 aliphatic carbocycles. The summed E-state index contributed by atoms with van der Waals surface area (Å²) in [5, 5.41) is 13.1. The maximum atomic E-state index is 14.3. The highest BCUT2D eigenvalue weighted by atomic mass is 19.3. The summed E-state index contributed by atoms with van der Waals surface area (Å²) in [4.78, 5) is 13.2. The highest BCUT2D eigenvalue weighted by Crippen LogP contribution is 2.41. The third kappa shape index (κ3) is 1.75. The van der Waals surface area contributed by atoms with Crippen molar-refractivity contribution in [1.29, 1.82) is 0 Å². The number of aliphatic hydroxyl groups is 1. The number of hydrogen-bond acceptors (Lipinski definition) is 3. The highest BCUT2D eigenvalue weighted by Gasteiger charge is 2.54. The average Bonchev–Trinajstić information content (AvgIpc) is 2.67. The second kappa shape index (κ2) is 4.49. The fourth-order valence-electron chi connectivity index (χ4n) is 2.95. The molecule has 0 spiro atoms. The Balaban J connectivity index is 1.98. The number of nitrogens with one attached hydrogen (secondary N) is 1. The van der Waals surface area contributed by atoms with E-state index in [9.17, 15) is 18.7 Å². The summed E-state index contributed by atoms with van der Waals surface area (Å²) < 4.78 is 28.7. The third-order valence-corrected chi connectivity index (χ3v) is 4.19. The molecule has 2 aliphatic heterocycles. The van der Waals surface area contributed by atoms with Crippen molar-refractivity contribution >= 4 is 5.91 Å². The van der Waals surface area contributed by atoms with Crippen molar-refractivity contribution in [3.63, 3.8) is 0 Å². The molecule has 6 heteroatoms. The van der Waals surface area contributed by atoms with Gasteiger partial charge in [-0.2, -0.15) is 0 Å². The van der Waals surface area contributed by atoms with Crippen molar-refractivity contribution in [1.82, 2.24) is 10.2 Å². The Hall–Kier alpha value is -1.53. The molecule has 108 valence electrons. The molecule has 0 bridgehead atoms. The molecule has 1 saturated heterocycles. The molecule has 1 unspecified atom stereocenters. The first-order valence-electron chi connectivity index (χ1n) is 6.62. The lowest BCUT2D eigenvalue weighted by Crippen LogP contribution is -2.62. The average molecular weight is 282 g/mol. The number of benzene rings is 1. The zero-order valence-corrected chi connectivity index (χ0v) is 11.0. The molecule has 20 heavy (non-hydrogen) atoms. The Morgan fingerprint density at radius 3 is 2.75 bits per heavy atom. The van der Waals surface area contributed by atoms with E-state index in [4.69, 9.17) is 0 Å². The van der Waals surface area contributed by atoms with E-state index in [0.29, 0.717) is 11.1 Å². The molecule has 1 fully saturated rings. The van der Waals surface area contributed by atoms with Gasteiger partial charge in [-0.3, -0.25) is 9.69 Å². The SMILES string of the molecule is C[C@@H]1CNC[C@H](N2C(=O)c3ccccc3C2O)C1(F)F. The molecule has 4 nitrogen and oxygen atoms in total. The standard InChI is InChI=1S/C14H16F2N2O2/c1-8-6-17-7-11(14(8,15)16)18-12(19)9-4-2-3-5-10(9)13(18)20/h2-5,8,11-12,17,19H,6-7H2,1H3/t8-,11+,12?/m1/s1. The van der Waals surface area contributed by atoms with Crippen LogP contribution in [0, 0.1) is 5.92 Å². The normalized spacial score (nSPS) is 32.3. The fraction of sp³-hybridized carbons (Fsp3) is 0.500. The van der Waals surface area contributed by atoms with Crippen LogP contribution < -0.4 is 5.32 Å². The van der Waals surface area contributed by atoms with Crippen molar-refractivity contribution in [3.8, 4) is 0 Å². The van der Waals surface area contributed by atoms with Gasteiger partial charge in [0.25, 0.3) is 11.8 Å². The highest BCUT2D eigenvalue weighted by molar-refractivity contribution is 5.99. The van der Waals surface area contributed by atoms with Crippen LogP contribution in [-0.4, -0.2) is 41.0 Å². The Morgan fingerprint density at radius 1 is 1.35 bits per heavy atom. The van der Waals surface area contributed by atoms with Crippen LogP contribution in [0.4, 0.5) is 8.78 Å². The maximum absolute atomic E-state index is 14.3. The van der Waals surface area contributed by atoms with E-state index in [1.165, 1.54) is 6.92 Å². The van der Waals surface area contributed by atoms with Crippen molar-refractivity contribution in [2.75, 3.05) is 13.1 Å². The van der Waals surface area contributed by atoms with E-state index in [1.807, 2.05) is 0 Å². The lowest BCUT2D eigenvalue weighted by molar-refractivity contribution is -0.149. The topological polar surface area (TPSA) is 52.6 Å². The Morgan fingerprint density at radius 2 is 2.05 bits per heavy atom. The predicted octanol–water partition coefficient (Wildman–Crippen LogP) is 1.38. The molecule has 1 aromatic rings. The molecule has 0 saturated carbocycles. The van der Waals surface area contributed by atoms with Crippen LogP contribution in [0.15, 0.2) is 24.3 Å². The quantitative estimate of drug-likeness (QED) is 0.818. The molecule has 0 aromatic heterocycles. The van der Waals surface area contributed by atoms with E-state index in [-0.39, 0.29) is 13.1 Å². The predicted molar refractivity (Wildman–Crippen MR) is 68.3 cm³/mol. The van der Waals surface area contributed by atoms with Gasteiger partial charge in [0.15, 0.2) is 6.23 Å². The minimum atomic E-state index is -3.02. The van der Waals surface area contributed by atoms with Crippen LogP contribution in [-0.2, 0) is 0 Å². The van der Waals surface area contributed by atoms with Crippen LogP contribution in [0.25, 0.3) is 0 Å². The van der Waals surface area contributed by atoms with E-state index in [0.717, 1.165) is 4.90 Å². The molecule has 2 heterocycles. The molecule has 1 aromatic carbocycles. The number of carbonyl (C=O) groups is 1. The number of rotatable bonds is 1. The number of carbonyl (C=O) groups excluding carboxylic acids is 1. The zero-order valence-electron chi connectivity index (χ0n) is 11.0. The molecule has 2 aliphatic rings. The van der Waals surface area contributed by atoms with Crippen molar-refractivity contribution in [3.05, 3.63) is 35.4 Å². The largest absolute Gasteiger partial charge is 0.369 e. The van der Waals surface area contributed by atoms with E-state index < -0.39 is 30.0 Å². The summed E-state index contributed by atoms with van der Waals surface area (Å²) in [5.41, 5.74) is 0.695. The zero-order chi connectivity index (χ0) is 14.5. The van der Waals surface area contributed by atoms with Crippen LogP contribution in [0.3, 0.4) is 0 Å². The monoisotopic (exact) mass is 282 g/mol. The fourth-order valence-corrected chi connectivity index (χ4v) is 2.95. The van der Waals surface area contributed by atoms with Gasteiger partial charge in [-0.15, -0.1) is 0 Å². The first-order valence-corrected chi connectivity index (χ1v) is 6.62. The van der Waals surface area contributed by atoms with Crippen LogP contribution in [0.1, 0.15) is 29.1 Å². The number of halogens is 2. The van der Waals surface area contributed by atoms with Crippen LogP contribution in [0.2, 0.25) is 0 Å². The number of nitrogens with zero attached hydrogens (tertiary/aromatic N) is 1. The first-order chi connectivity index (χ1) is 9.44. The van der Waals surface area contributed by atoms with Crippen LogP contribution in [0.5, 0.6) is 0 Å². The molecule has 0 radical (unpaired) electrons. The second-order valence-corrected chi connectivity index (χ2v) is 5.42. The summed E-state index contributed by atoms with van der Waals surface area (Å²) >= 11 is 0. The number of alkyl halides is 2. The lowest BCUT2D eigenvalue weighted by Gasteiger charge is -2.42. The van der Waals surface area contributed by atoms with E-state index in [1.54, 1.807) is 24.3 Å². The summed E-state index contributed by atoms with van der Waals surface area (Å²) in [6.07, 6.45) is -1.30. The van der Waals surface area contributed by atoms with Gasteiger partial charge in [0.2, 0.25) is 0 Å². The number of fused-ring (bicyclic) bond motifs is 1. The van der Waals surface area contributed by atoms with Gasteiger partial charge in [-0.05, 0) is 6.07 Å². The number of hydrogen-bond donors (Lipinski definition) is 2. The molecular formula is C14H16F2N2O2. The van der Waals surface area contributed by atoms with Gasteiger partial charge in [0.1, 0.15) is 6.04 Å². The van der Waals surface area contributed by atoms with Gasteiger partial charge in [0.05, 0.1) is 0 Å². The maximum Gasteiger partial charge on any atom is 0.273 e. The second-order valence-electron chi connectivity index (χ2n) is 5.42. The number of amides is 1. The number of piperidine rings is 1.